The summed E-state index contributed by atoms with van der Waals surface area (Å²) in [5.41, 5.74) is -0.731. The van der Waals surface area contributed by atoms with Crippen LogP contribution in [-0.2, 0) is 4.79 Å². The highest BCUT2D eigenvalue weighted by atomic mass is 16.4. The molecule has 2 N–H and O–H groups in total. The molecular formula is C14H24N2O3. The van der Waals surface area contributed by atoms with Crippen LogP contribution in [0, 0.1) is 11.3 Å². The van der Waals surface area contributed by atoms with E-state index in [1.165, 1.54) is 19.3 Å². The SMILES string of the molecule is CCC1(C(=O)O)CCN(C(=O)NCCC2CCC2)C1. The third kappa shape index (κ3) is 3.01. The topological polar surface area (TPSA) is 69.6 Å². The Morgan fingerprint density at radius 1 is 1.42 bits per heavy atom. The Kier molecular flexibility index (Phi) is 4.32. The molecule has 1 saturated carbocycles. The molecule has 1 saturated heterocycles. The summed E-state index contributed by atoms with van der Waals surface area (Å²) in [5.74, 6) is 0.00685. The molecule has 0 aromatic heterocycles. The molecule has 108 valence electrons. The molecule has 5 heteroatoms. The summed E-state index contributed by atoms with van der Waals surface area (Å²) >= 11 is 0. The first-order valence-corrected chi connectivity index (χ1v) is 7.33. The third-order valence-corrected chi connectivity index (χ3v) is 4.83. The van der Waals surface area contributed by atoms with Gasteiger partial charge in [-0.2, -0.15) is 0 Å². The largest absolute Gasteiger partial charge is 0.481 e. The van der Waals surface area contributed by atoms with E-state index in [0.717, 1.165) is 12.3 Å². The van der Waals surface area contributed by atoms with Crippen LogP contribution in [0.15, 0.2) is 0 Å². The van der Waals surface area contributed by atoms with Crippen molar-refractivity contribution in [3.63, 3.8) is 0 Å². The zero-order valence-corrected chi connectivity index (χ0v) is 11.7. The summed E-state index contributed by atoms with van der Waals surface area (Å²) < 4.78 is 0. The summed E-state index contributed by atoms with van der Waals surface area (Å²) in [6.07, 6.45) is 6.10. The number of likely N-dealkylation sites (tertiary alicyclic amines) is 1. The van der Waals surface area contributed by atoms with Gasteiger partial charge < -0.3 is 15.3 Å². The lowest BCUT2D eigenvalue weighted by Gasteiger charge is -2.26. The van der Waals surface area contributed by atoms with Gasteiger partial charge in [-0.25, -0.2) is 4.79 Å². The number of hydrogen-bond acceptors (Lipinski definition) is 2. The summed E-state index contributed by atoms with van der Waals surface area (Å²) in [7, 11) is 0. The van der Waals surface area contributed by atoms with Crippen molar-refractivity contribution in [2.24, 2.45) is 11.3 Å². The van der Waals surface area contributed by atoms with Crippen LogP contribution in [0.3, 0.4) is 0 Å². The molecule has 1 aliphatic carbocycles. The van der Waals surface area contributed by atoms with Gasteiger partial charge in [0.05, 0.1) is 5.41 Å². The molecule has 2 fully saturated rings. The Balaban J connectivity index is 1.75. The number of carbonyl (C=O) groups excluding carboxylic acids is 1. The van der Waals surface area contributed by atoms with E-state index in [4.69, 9.17) is 0 Å². The molecule has 1 unspecified atom stereocenters. The van der Waals surface area contributed by atoms with Crippen LogP contribution in [0.2, 0.25) is 0 Å². The second-order valence-electron chi connectivity index (χ2n) is 5.93. The average molecular weight is 268 g/mol. The van der Waals surface area contributed by atoms with Crippen molar-refractivity contribution < 1.29 is 14.7 Å². The van der Waals surface area contributed by atoms with Gasteiger partial charge in [-0.1, -0.05) is 26.2 Å². The minimum absolute atomic E-state index is 0.101. The molecule has 1 atom stereocenters. The number of rotatable bonds is 5. The van der Waals surface area contributed by atoms with Gasteiger partial charge in [0.2, 0.25) is 0 Å². The van der Waals surface area contributed by atoms with Crippen molar-refractivity contribution in [2.45, 2.75) is 45.4 Å². The predicted molar refractivity (Wildman–Crippen MR) is 71.9 cm³/mol. The number of nitrogens with one attached hydrogen (secondary N) is 1. The third-order valence-electron chi connectivity index (χ3n) is 4.83. The summed E-state index contributed by atoms with van der Waals surface area (Å²) in [5, 5.41) is 12.2. The lowest BCUT2D eigenvalue weighted by atomic mass is 9.83. The maximum Gasteiger partial charge on any atom is 0.317 e. The van der Waals surface area contributed by atoms with Gasteiger partial charge in [0.15, 0.2) is 0 Å². The molecule has 0 bridgehead atoms. The number of carboxylic acids is 1. The van der Waals surface area contributed by atoms with Crippen molar-refractivity contribution in [3.05, 3.63) is 0 Å². The summed E-state index contributed by atoms with van der Waals surface area (Å²) in [6.45, 7) is 3.49. The van der Waals surface area contributed by atoms with Crippen molar-refractivity contribution >= 4 is 12.0 Å². The number of hydrogen-bond donors (Lipinski definition) is 2. The fourth-order valence-corrected chi connectivity index (χ4v) is 2.94. The van der Waals surface area contributed by atoms with Crippen LogP contribution < -0.4 is 5.32 Å². The van der Waals surface area contributed by atoms with E-state index in [0.29, 0.717) is 32.5 Å². The molecule has 1 aliphatic heterocycles. The molecule has 0 radical (unpaired) electrons. The quantitative estimate of drug-likeness (QED) is 0.802. The first kappa shape index (κ1) is 14.2. The molecule has 0 aromatic carbocycles. The Bertz CT molecular complexity index is 355. The molecule has 0 aromatic rings. The Labute approximate surface area is 114 Å². The van der Waals surface area contributed by atoms with Gasteiger partial charge in [-0.05, 0) is 25.2 Å². The van der Waals surface area contributed by atoms with Crippen LogP contribution in [0.5, 0.6) is 0 Å². The minimum Gasteiger partial charge on any atom is -0.481 e. The lowest BCUT2D eigenvalue weighted by molar-refractivity contribution is -0.148. The molecule has 2 rings (SSSR count). The minimum atomic E-state index is -0.778. The molecule has 5 nitrogen and oxygen atoms in total. The first-order chi connectivity index (χ1) is 9.07. The Hall–Kier alpha value is -1.26. The number of nitrogens with zero attached hydrogens (tertiary/aromatic N) is 1. The van der Waals surface area contributed by atoms with E-state index in [-0.39, 0.29) is 6.03 Å². The molecule has 1 heterocycles. The van der Waals surface area contributed by atoms with E-state index >= 15 is 0 Å². The standard InChI is InChI=1S/C14H24N2O3/c1-2-14(12(17)18)7-9-16(10-14)13(19)15-8-6-11-4-3-5-11/h11H,2-10H2,1H3,(H,15,19)(H,17,18). The number of urea groups is 1. The highest BCUT2D eigenvalue weighted by Crippen LogP contribution is 2.34. The monoisotopic (exact) mass is 268 g/mol. The molecular weight excluding hydrogens is 244 g/mol. The van der Waals surface area contributed by atoms with Gasteiger partial charge in [0.1, 0.15) is 0 Å². The van der Waals surface area contributed by atoms with Crippen LogP contribution in [0.25, 0.3) is 0 Å². The Morgan fingerprint density at radius 3 is 2.63 bits per heavy atom. The molecule has 19 heavy (non-hydrogen) atoms. The zero-order valence-electron chi connectivity index (χ0n) is 11.7. The highest BCUT2D eigenvalue weighted by Gasteiger charge is 2.44. The van der Waals surface area contributed by atoms with E-state index in [1.54, 1.807) is 4.90 Å². The first-order valence-electron chi connectivity index (χ1n) is 7.33. The fourth-order valence-electron chi connectivity index (χ4n) is 2.94. The van der Waals surface area contributed by atoms with Gasteiger partial charge in [-0.15, -0.1) is 0 Å². The van der Waals surface area contributed by atoms with Crippen molar-refractivity contribution in [3.8, 4) is 0 Å². The molecule has 2 aliphatic rings. The smallest absolute Gasteiger partial charge is 0.317 e. The normalized spacial score (nSPS) is 27.1. The zero-order chi connectivity index (χ0) is 13.9. The maximum atomic E-state index is 12.0. The van der Waals surface area contributed by atoms with Gasteiger partial charge >= 0.3 is 12.0 Å². The fraction of sp³-hybridized carbons (Fsp3) is 0.857. The van der Waals surface area contributed by atoms with Crippen LogP contribution >= 0.6 is 0 Å². The Morgan fingerprint density at radius 2 is 2.16 bits per heavy atom. The average Bonchev–Trinajstić information content (AvgIpc) is 2.78. The van der Waals surface area contributed by atoms with E-state index in [9.17, 15) is 14.7 Å². The van der Waals surface area contributed by atoms with E-state index in [1.807, 2.05) is 6.92 Å². The summed E-state index contributed by atoms with van der Waals surface area (Å²) in [6, 6.07) is -0.101. The van der Waals surface area contributed by atoms with Crippen molar-refractivity contribution in [1.29, 1.82) is 0 Å². The van der Waals surface area contributed by atoms with Crippen LogP contribution in [-0.4, -0.2) is 41.6 Å². The number of carboxylic acid groups (broad SMARTS) is 1. The van der Waals surface area contributed by atoms with Gasteiger partial charge in [0.25, 0.3) is 0 Å². The lowest BCUT2D eigenvalue weighted by Crippen LogP contribution is -2.42. The molecule has 0 spiro atoms. The van der Waals surface area contributed by atoms with Gasteiger partial charge in [0, 0.05) is 19.6 Å². The molecule has 2 amide bonds. The maximum absolute atomic E-state index is 12.0. The number of carbonyl (C=O) groups is 2. The van der Waals surface area contributed by atoms with Crippen molar-refractivity contribution in [2.75, 3.05) is 19.6 Å². The van der Waals surface area contributed by atoms with Gasteiger partial charge in [-0.3, -0.25) is 4.79 Å². The van der Waals surface area contributed by atoms with Crippen LogP contribution in [0.1, 0.15) is 45.4 Å². The number of aliphatic carboxylic acids is 1. The van der Waals surface area contributed by atoms with Crippen molar-refractivity contribution in [1.82, 2.24) is 10.2 Å². The van der Waals surface area contributed by atoms with Crippen LogP contribution in [0.4, 0.5) is 4.79 Å². The van der Waals surface area contributed by atoms with E-state index in [2.05, 4.69) is 5.32 Å². The highest BCUT2D eigenvalue weighted by molar-refractivity contribution is 5.79. The number of amides is 2. The van der Waals surface area contributed by atoms with E-state index < -0.39 is 11.4 Å². The summed E-state index contributed by atoms with van der Waals surface area (Å²) in [4.78, 5) is 24.9. The predicted octanol–water partition coefficient (Wildman–Crippen LogP) is 2.07. The second-order valence-corrected chi connectivity index (χ2v) is 5.93. The second kappa shape index (κ2) is 5.80.